The number of halogens is 8. The Morgan fingerprint density at radius 1 is 0.983 bits per heavy atom. The van der Waals surface area contributed by atoms with Crippen LogP contribution in [0.4, 0.5) is 24.5 Å². The van der Waals surface area contributed by atoms with Gasteiger partial charge in [0, 0.05) is 18.6 Å². The van der Waals surface area contributed by atoms with E-state index in [1.54, 1.807) is 23.8 Å². The van der Waals surface area contributed by atoms with Crippen molar-refractivity contribution in [2.75, 3.05) is 42.7 Å². The van der Waals surface area contributed by atoms with Gasteiger partial charge < -0.3 is 19.1 Å². The summed E-state index contributed by atoms with van der Waals surface area (Å²) in [5, 5.41) is 2.52. The molecule has 2 heterocycles. The fourth-order valence-electron chi connectivity index (χ4n) is 6.03. The van der Waals surface area contributed by atoms with Gasteiger partial charge in [0.05, 0.1) is 24.0 Å². The number of carbonyl (C=O) groups excluding carboxylic acids is 3. The molecule has 12 nitrogen and oxygen atoms in total. The summed E-state index contributed by atoms with van der Waals surface area (Å²) in [6.45, 7) is 6.53. The van der Waals surface area contributed by atoms with Crippen molar-refractivity contribution in [3.05, 3.63) is 98.4 Å². The Balaban J connectivity index is 0.000000249. The van der Waals surface area contributed by atoms with E-state index in [1.807, 2.05) is 49.4 Å². The molecule has 0 radical (unpaired) electrons. The molecule has 2 unspecified atom stereocenters. The molecule has 328 valence electrons. The molecule has 4 aromatic rings. The maximum atomic E-state index is 14.2. The number of amides is 2. The van der Waals surface area contributed by atoms with Gasteiger partial charge in [-0.1, -0.05) is 79.0 Å². The minimum Gasteiger partial charge on any atom is -0.489 e. The van der Waals surface area contributed by atoms with E-state index in [4.69, 9.17) is 72.2 Å². The van der Waals surface area contributed by atoms with Crippen molar-refractivity contribution >= 4 is 87.2 Å². The van der Waals surface area contributed by atoms with Gasteiger partial charge in [0.1, 0.15) is 41.9 Å². The smallest absolute Gasteiger partial charge is 0.355 e. The fourth-order valence-corrected chi connectivity index (χ4v) is 6.84. The zero-order valence-corrected chi connectivity index (χ0v) is 37.4. The molecule has 0 saturated carbocycles. The molecule has 5 rings (SSSR count). The van der Waals surface area contributed by atoms with Crippen molar-refractivity contribution in [2.45, 2.75) is 76.7 Å². The van der Waals surface area contributed by atoms with E-state index in [9.17, 15) is 32.3 Å². The molecule has 0 spiro atoms. The summed E-state index contributed by atoms with van der Waals surface area (Å²) in [5.41, 5.74) is 2.59. The Kier molecular flexibility index (Phi) is 20.0. The zero-order chi connectivity index (χ0) is 44.8. The van der Waals surface area contributed by atoms with Gasteiger partial charge in [0.2, 0.25) is 5.91 Å². The highest BCUT2D eigenvalue weighted by Gasteiger charge is 2.32. The van der Waals surface area contributed by atoms with Crippen LogP contribution < -0.4 is 20.2 Å². The van der Waals surface area contributed by atoms with Crippen molar-refractivity contribution < 1.29 is 41.8 Å². The number of nitrogens with zero attached hydrogens (tertiary/aromatic N) is 5. The number of esters is 1. The Hall–Kier alpha value is -3.99. The number of methoxy groups -OCH3 is 1. The second kappa shape index (κ2) is 23.9. The van der Waals surface area contributed by atoms with Gasteiger partial charge in [-0.25, -0.2) is 13.8 Å². The number of aromatic nitrogens is 3. The lowest BCUT2D eigenvalue weighted by Gasteiger charge is -2.35. The largest absolute Gasteiger partial charge is 0.489 e. The van der Waals surface area contributed by atoms with Crippen LogP contribution in [-0.4, -0.2) is 81.3 Å². The molecule has 2 amide bonds. The molecular weight excluding hydrogens is 897 g/mol. The first-order valence-electron chi connectivity index (χ1n) is 18.5. The molecule has 2 atom stereocenters. The fraction of sp³-hybridized carbons (Fsp3) is 0.425. The average molecular weight is 942 g/mol. The number of para-hydroxylation sites is 3. The molecule has 0 saturated heterocycles. The summed E-state index contributed by atoms with van der Waals surface area (Å²) in [7, 11) is 1.58. The van der Waals surface area contributed by atoms with Crippen LogP contribution >= 0.6 is 58.0 Å². The number of hydrogen-bond acceptors (Lipinski definition) is 8. The third-order valence-electron chi connectivity index (χ3n) is 8.84. The topological polar surface area (TPSA) is 125 Å². The Labute approximate surface area is 370 Å². The second-order valence-corrected chi connectivity index (χ2v) is 15.1. The monoisotopic (exact) mass is 939 g/mol. The lowest BCUT2D eigenvalue weighted by Crippen LogP contribution is -2.47. The minimum atomic E-state index is -3.12. The van der Waals surface area contributed by atoms with E-state index < -0.39 is 34.2 Å². The second-order valence-electron chi connectivity index (χ2n) is 12.8. The van der Waals surface area contributed by atoms with E-state index >= 15 is 0 Å². The third-order valence-corrected chi connectivity index (χ3v) is 10.1. The number of benzene rings is 3. The maximum Gasteiger partial charge on any atom is 0.355 e. The first-order valence-corrected chi connectivity index (χ1v) is 20.7. The average Bonchev–Trinajstić information content (AvgIpc) is 3.53. The molecule has 1 aliphatic heterocycles. The first kappa shape index (κ1) is 50.4. The standard InChI is InChI=1S/C15H14Cl2F3N3O3.C14H20ClNO2.C11H11Cl2NO2/c1-3-26-13(24)10(17)4-8-5-12(11(18)6-9(8)16)23-15(25)22(14(19)20)7(2)21-23;1-4-11-7-6-8-12(5-2)14(11)16(10-18-3)13(17)9-15;1-7-6-16-9-5-3-2-4-8(9)14(7)11(15)10(12)13/h5-6,10,14H,3-4H2,1-2H3;6-8H,4-5,9-10H2,1-3H3;2-5,7,10H,6H2,1H3. The molecule has 60 heavy (non-hydrogen) atoms. The normalized spacial score (nSPS) is 13.7. The Morgan fingerprint density at radius 2 is 1.62 bits per heavy atom. The van der Waals surface area contributed by atoms with Gasteiger partial charge in [-0.2, -0.15) is 13.5 Å². The van der Waals surface area contributed by atoms with Gasteiger partial charge in [0.15, 0.2) is 10.7 Å². The van der Waals surface area contributed by atoms with E-state index in [1.165, 1.54) is 6.92 Å². The van der Waals surface area contributed by atoms with Crippen LogP contribution in [-0.2, 0) is 43.1 Å². The lowest BCUT2D eigenvalue weighted by molar-refractivity contribution is -0.142. The van der Waals surface area contributed by atoms with E-state index in [-0.39, 0.29) is 70.2 Å². The molecular formula is C40H45Cl5F3N5O7. The van der Waals surface area contributed by atoms with E-state index in [0.29, 0.717) is 17.0 Å². The minimum absolute atomic E-state index is 0.0371. The van der Waals surface area contributed by atoms with Crippen molar-refractivity contribution in [3.63, 3.8) is 0 Å². The van der Waals surface area contributed by atoms with Gasteiger partial charge in [0.25, 0.3) is 5.91 Å². The molecule has 0 bridgehead atoms. The highest BCUT2D eigenvalue weighted by molar-refractivity contribution is 6.54. The summed E-state index contributed by atoms with van der Waals surface area (Å²) in [4.78, 5) is 49.7. The Bertz CT molecular complexity index is 2130. The number of fused-ring (bicyclic) bond motifs is 1. The molecule has 0 fully saturated rings. The van der Waals surface area contributed by atoms with E-state index in [2.05, 4.69) is 18.9 Å². The number of aryl methyl sites for hydroxylation is 3. The predicted octanol–water partition coefficient (Wildman–Crippen LogP) is 8.83. The first-order chi connectivity index (χ1) is 28.5. The van der Waals surface area contributed by atoms with Gasteiger partial charge >= 0.3 is 18.2 Å². The number of anilines is 2. The van der Waals surface area contributed by atoms with Crippen molar-refractivity contribution in [3.8, 4) is 11.4 Å². The molecule has 0 N–H and O–H groups in total. The summed E-state index contributed by atoms with van der Waals surface area (Å²) < 4.78 is 56.1. The van der Waals surface area contributed by atoms with Gasteiger partial charge in [-0.15, -0.1) is 28.3 Å². The Morgan fingerprint density at radius 3 is 2.15 bits per heavy atom. The molecule has 1 aromatic heterocycles. The van der Waals surface area contributed by atoms with Crippen LogP contribution in [0.3, 0.4) is 0 Å². The predicted molar refractivity (Wildman–Crippen MR) is 228 cm³/mol. The number of carbonyl (C=O) groups is 3. The highest BCUT2D eigenvalue weighted by Crippen LogP contribution is 2.35. The third kappa shape index (κ3) is 12.5. The number of ether oxygens (including phenoxy) is 3. The highest BCUT2D eigenvalue weighted by atomic mass is 35.5. The van der Waals surface area contributed by atoms with Crippen LogP contribution in [0.15, 0.2) is 59.4 Å². The molecule has 3 aromatic carbocycles. The quantitative estimate of drug-likeness (QED) is 0.0740. The van der Waals surface area contributed by atoms with Gasteiger partial charge in [-0.3, -0.25) is 19.3 Å². The molecule has 0 aliphatic carbocycles. The maximum absolute atomic E-state index is 14.2. The number of rotatable bonds is 13. The summed E-state index contributed by atoms with van der Waals surface area (Å²) in [5.74, 6) is -1.72. The van der Waals surface area contributed by atoms with Crippen LogP contribution in [0.1, 0.15) is 56.8 Å². The van der Waals surface area contributed by atoms with Crippen molar-refractivity contribution in [1.29, 1.82) is 0 Å². The van der Waals surface area contributed by atoms with Crippen LogP contribution in [0.25, 0.3) is 5.69 Å². The van der Waals surface area contributed by atoms with Crippen LogP contribution in [0.2, 0.25) is 5.02 Å². The van der Waals surface area contributed by atoms with Gasteiger partial charge in [-0.05, 0) is 74.6 Å². The zero-order valence-electron chi connectivity index (χ0n) is 33.6. The summed E-state index contributed by atoms with van der Waals surface area (Å²) in [6.07, 6.45) is 1.63. The van der Waals surface area contributed by atoms with Crippen LogP contribution in [0, 0.1) is 12.7 Å². The molecule has 1 aliphatic rings. The summed E-state index contributed by atoms with van der Waals surface area (Å²) >= 11 is 28.8. The van der Waals surface area contributed by atoms with E-state index in [0.717, 1.165) is 47.5 Å². The lowest BCUT2D eigenvalue weighted by atomic mass is 10.0. The summed E-state index contributed by atoms with van der Waals surface area (Å²) in [6, 6.07) is 15.4. The van der Waals surface area contributed by atoms with Crippen molar-refractivity contribution in [1.82, 2.24) is 14.3 Å². The molecule has 20 heteroatoms. The van der Waals surface area contributed by atoms with Crippen molar-refractivity contribution in [2.24, 2.45) is 0 Å². The van der Waals surface area contributed by atoms with Crippen LogP contribution in [0.5, 0.6) is 5.75 Å². The number of alkyl halides is 6. The SMILES string of the molecule is CC1COc2ccccc2N1C(=O)C(Cl)Cl.CCOC(=O)C(Cl)Cc1cc(-n2nc(C)n(C(F)F)c2=O)c(F)cc1Cl.CCc1cccc(CC)c1N(COC)C(=O)CCl. The number of hydrogen-bond donors (Lipinski definition) is 0.